The first kappa shape index (κ1) is 12.9. The van der Waals surface area contributed by atoms with Crippen molar-refractivity contribution in [3.63, 3.8) is 0 Å². The molecule has 1 aromatic heterocycles. The van der Waals surface area contributed by atoms with Crippen molar-refractivity contribution < 1.29 is 4.74 Å². The second-order valence-corrected chi connectivity index (χ2v) is 5.33. The fraction of sp³-hybridized carbons (Fsp3) is 0.188. The molecule has 0 spiro atoms. The summed E-state index contributed by atoms with van der Waals surface area (Å²) in [6, 6.07) is 12.3. The van der Waals surface area contributed by atoms with Gasteiger partial charge in [-0.25, -0.2) is 0 Å². The summed E-state index contributed by atoms with van der Waals surface area (Å²) in [7, 11) is 1.67. The van der Waals surface area contributed by atoms with Gasteiger partial charge in [-0.05, 0) is 55.4 Å². The van der Waals surface area contributed by atoms with Gasteiger partial charge in [0.25, 0.3) is 0 Å². The van der Waals surface area contributed by atoms with Crippen LogP contribution in [0.25, 0.3) is 16.7 Å². The Labute approximate surface area is 122 Å². The van der Waals surface area contributed by atoms with Crippen molar-refractivity contribution in [1.29, 1.82) is 0 Å². The third-order valence-electron chi connectivity index (χ3n) is 3.50. The predicted octanol–water partition coefficient (Wildman–Crippen LogP) is 4.31. The molecule has 3 aromatic rings. The van der Waals surface area contributed by atoms with E-state index in [4.69, 9.17) is 17.0 Å². The maximum absolute atomic E-state index is 5.48. The molecule has 0 unspecified atom stereocenters. The molecule has 0 saturated carbocycles. The third kappa shape index (κ3) is 2.02. The van der Waals surface area contributed by atoms with Crippen LogP contribution in [0, 0.1) is 18.6 Å². The second kappa shape index (κ2) is 4.80. The molecule has 102 valence electrons. The molecule has 0 atom stereocenters. The molecule has 4 heteroatoms. The van der Waals surface area contributed by atoms with Crippen LogP contribution >= 0.6 is 12.2 Å². The molecule has 20 heavy (non-hydrogen) atoms. The van der Waals surface area contributed by atoms with Crippen LogP contribution in [0.2, 0.25) is 0 Å². The minimum atomic E-state index is 0.696. The highest BCUT2D eigenvalue weighted by atomic mass is 32.1. The van der Waals surface area contributed by atoms with Crippen LogP contribution in [0.5, 0.6) is 5.75 Å². The minimum Gasteiger partial charge on any atom is -0.497 e. The highest BCUT2D eigenvalue weighted by Crippen LogP contribution is 2.26. The zero-order valence-electron chi connectivity index (χ0n) is 11.7. The van der Waals surface area contributed by atoms with E-state index in [2.05, 4.69) is 41.6 Å². The molecule has 1 heterocycles. The van der Waals surface area contributed by atoms with Gasteiger partial charge in [0.1, 0.15) is 5.75 Å². The molecular formula is C16H16N2OS. The summed E-state index contributed by atoms with van der Waals surface area (Å²) >= 11 is 5.48. The highest BCUT2D eigenvalue weighted by Gasteiger charge is 2.10. The van der Waals surface area contributed by atoms with Crippen molar-refractivity contribution in [3.8, 4) is 11.4 Å². The van der Waals surface area contributed by atoms with Crippen LogP contribution in [0.3, 0.4) is 0 Å². The summed E-state index contributed by atoms with van der Waals surface area (Å²) in [5, 5.41) is 0. The quantitative estimate of drug-likeness (QED) is 0.710. The van der Waals surface area contributed by atoms with E-state index in [1.54, 1.807) is 7.11 Å². The molecule has 0 saturated heterocycles. The number of hydrogen-bond acceptors (Lipinski definition) is 2. The van der Waals surface area contributed by atoms with Gasteiger partial charge >= 0.3 is 0 Å². The van der Waals surface area contributed by atoms with E-state index in [1.807, 2.05) is 18.2 Å². The van der Waals surface area contributed by atoms with Gasteiger partial charge in [0, 0.05) is 6.07 Å². The Morgan fingerprint density at radius 2 is 1.90 bits per heavy atom. The largest absolute Gasteiger partial charge is 0.497 e. The molecule has 1 N–H and O–H groups in total. The SMILES string of the molecule is COc1ccc2[nH]c(=S)n(-c3cc(C)ccc3C)c2c1. The smallest absolute Gasteiger partial charge is 0.182 e. The van der Waals surface area contributed by atoms with Gasteiger partial charge in [-0.3, -0.25) is 4.57 Å². The van der Waals surface area contributed by atoms with Crippen LogP contribution in [0.1, 0.15) is 11.1 Å². The Balaban J connectivity index is 2.37. The van der Waals surface area contributed by atoms with E-state index in [1.165, 1.54) is 11.1 Å². The minimum absolute atomic E-state index is 0.696. The van der Waals surface area contributed by atoms with Crippen LogP contribution in [-0.4, -0.2) is 16.7 Å². The normalized spacial score (nSPS) is 10.9. The fourth-order valence-electron chi connectivity index (χ4n) is 2.41. The second-order valence-electron chi connectivity index (χ2n) is 4.94. The zero-order chi connectivity index (χ0) is 14.3. The van der Waals surface area contributed by atoms with Crippen LogP contribution in [0.15, 0.2) is 36.4 Å². The average Bonchev–Trinajstić information content (AvgIpc) is 2.76. The standard InChI is InChI=1S/C16H16N2OS/c1-10-4-5-11(2)14(8-10)18-15-9-12(19-3)6-7-13(15)17-16(18)20/h4-9H,1-3H3,(H,17,20). The van der Waals surface area contributed by atoms with E-state index >= 15 is 0 Å². The number of ether oxygens (including phenoxy) is 1. The number of aromatic amines is 1. The van der Waals surface area contributed by atoms with Crippen molar-refractivity contribution >= 4 is 23.3 Å². The van der Waals surface area contributed by atoms with Crippen LogP contribution in [-0.2, 0) is 0 Å². The molecule has 3 rings (SSSR count). The number of methoxy groups -OCH3 is 1. The van der Waals surface area contributed by atoms with Crippen molar-refractivity contribution in [2.24, 2.45) is 0 Å². The van der Waals surface area contributed by atoms with Gasteiger partial charge in [-0.15, -0.1) is 0 Å². The first-order valence-electron chi connectivity index (χ1n) is 6.46. The zero-order valence-corrected chi connectivity index (χ0v) is 12.5. The van der Waals surface area contributed by atoms with Crippen molar-refractivity contribution in [1.82, 2.24) is 9.55 Å². The maximum atomic E-state index is 5.48. The van der Waals surface area contributed by atoms with Gasteiger partial charge in [-0.1, -0.05) is 12.1 Å². The Hall–Kier alpha value is -2.07. The van der Waals surface area contributed by atoms with E-state index < -0.39 is 0 Å². The Morgan fingerprint density at radius 3 is 2.65 bits per heavy atom. The molecular weight excluding hydrogens is 268 g/mol. The van der Waals surface area contributed by atoms with E-state index in [0.717, 1.165) is 22.5 Å². The number of H-pyrrole nitrogens is 1. The summed E-state index contributed by atoms with van der Waals surface area (Å²) in [6.07, 6.45) is 0. The Bertz CT molecular complexity index is 845. The van der Waals surface area contributed by atoms with Gasteiger partial charge < -0.3 is 9.72 Å². The molecule has 0 aliphatic heterocycles. The average molecular weight is 284 g/mol. The molecule has 0 aliphatic rings. The number of rotatable bonds is 2. The monoisotopic (exact) mass is 284 g/mol. The summed E-state index contributed by atoms with van der Waals surface area (Å²) < 4.78 is 8.08. The lowest BCUT2D eigenvalue weighted by atomic mass is 10.1. The molecule has 2 aromatic carbocycles. The highest BCUT2D eigenvalue weighted by molar-refractivity contribution is 7.71. The van der Waals surface area contributed by atoms with Crippen LogP contribution < -0.4 is 4.74 Å². The van der Waals surface area contributed by atoms with Crippen molar-refractivity contribution in [2.45, 2.75) is 13.8 Å². The first-order chi connectivity index (χ1) is 9.60. The van der Waals surface area contributed by atoms with Gasteiger partial charge in [-0.2, -0.15) is 0 Å². The van der Waals surface area contributed by atoms with Gasteiger partial charge in [0.05, 0.1) is 23.8 Å². The number of aryl methyl sites for hydroxylation is 2. The lowest BCUT2D eigenvalue weighted by Gasteiger charge is -2.10. The maximum Gasteiger partial charge on any atom is 0.182 e. The van der Waals surface area contributed by atoms with Gasteiger partial charge in [0.2, 0.25) is 0 Å². The number of nitrogens with zero attached hydrogens (tertiary/aromatic N) is 1. The summed E-state index contributed by atoms with van der Waals surface area (Å²) in [4.78, 5) is 3.25. The Kier molecular flexibility index (Phi) is 3.10. The molecule has 0 amide bonds. The topological polar surface area (TPSA) is 29.9 Å². The summed E-state index contributed by atoms with van der Waals surface area (Å²) in [6.45, 7) is 4.18. The number of imidazole rings is 1. The van der Waals surface area contributed by atoms with Gasteiger partial charge in [0.15, 0.2) is 4.77 Å². The third-order valence-corrected chi connectivity index (χ3v) is 3.78. The van der Waals surface area contributed by atoms with E-state index in [-0.39, 0.29) is 0 Å². The summed E-state index contributed by atoms with van der Waals surface area (Å²) in [5.41, 5.74) is 5.55. The number of fused-ring (bicyclic) bond motifs is 1. The van der Waals surface area contributed by atoms with Crippen molar-refractivity contribution in [2.75, 3.05) is 7.11 Å². The lowest BCUT2D eigenvalue weighted by molar-refractivity contribution is 0.415. The van der Waals surface area contributed by atoms with Crippen LogP contribution in [0.4, 0.5) is 0 Å². The molecule has 0 radical (unpaired) electrons. The summed E-state index contributed by atoms with van der Waals surface area (Å²) in [5.74, 6) is 0.825. The lowest BCUT2D eigenvalue weighted by Crippen LogP contribution is -1.98. The predicted molar refractivity (Wildman–Crippen MR) is 84.5 cm³/mol. The van der Waals surface area contributed by atoms with E-state index in [0.29, 0.717) is 4.77 Å². The molecule has 0 bridgehead atoms. The Morgan fingerprint density at radius 1 is 1.10 bits per heavy atom. The number of hydrogen-bond donors (Lipinski definition) is 1. The number of nitrogens with one attached hydrogen (secondary N) is 1. The molecule has 0 aliphatic carbocycles. The molecule has 0 fully saturated rings. The fourth-order valence-corrected chi connectivity index (χ4v) is 2.72. The number of aromatic nitrogens is 2. The van der Waals surface area contributed by atoms with Crippen molar-refractivity contribution in [3.05, 3.63) is 52.3 Å². The van der Waals surface area contributed by atoms with E-state index in [9.17, 15) is 0 Å². The first-order valence-corrected chi connectivity index (χ1v) is 6.87. The molecule has 3 nitrogen and oxygen atoms in total. The number of benzene rings is 2.